The molecule has 4 nitrogen and oxygen atoms in total. The third-order valence-electron chi connectivity index (χ3n) is 2.73. The van der Waals surface area contributed by atoms with E-state index in [0.29, 0.717) is 13.0 Å². The van der Waals surface area contributed by atoms with Crippen molar-refractivity contribution in [2.45, 2.75) is 52.5 Å². The number of amides is 1. The Balaban J connectivity index is 4.24. The standard InChI is InChI=1S/C14H25NO3/c1-4-6-7-8-9-10-12(3)13(15-11-16)14(17)18-5-2/h9-13H,4-8H2,1-3H3,(H,15,16)/b10-9-. The first kappa shape index (κ1) is 16.7. The van der Waals surface area contributed by atoms with E-state index in [9.17, 15) is 9.59 Å². The average molecular weight is 255 g/mol. The topological polar surface area (TPSA) is 55.4 Å². The molecule has 0 aromatic carbocycles. The molecule has 0 saturated heterocycles. The lowest BCUT2D eigenvalue weighted by atomic mass is 10.0. The summed E-state index contributed by atoms with van der Waals surface area (Å²) in [6.45, 7) is 6.13. The van der Waals surface area contributed by atoms with Gasteiger partial charge >= 0.3 is 5.97 Å². The van der Waals surface area contributed by atoms with Gasteiger partial charge in [0.15, 0.2) is 0 Å². The first-order chi connectivity index (χ1) is 8.67. The van der Waals surface area contributed by atoms with Crippen LogP contribution in [0.4, 0.5) is 0 Å². The van der Waals surface area contributed by atoms with Crippen LogP contribution in [0.5, 0.6) is 0 Å². The third kappa shape index (κ3) is 7.09. The number of hydrogen-bond donors (Lipinski definition) is 1. The van der Waals surface area contributed by atoms with E-state index in [1.807, 2.05) is 13.0 Å². The highest BCUT2D eigenvalue weighted by Gasteiger charge is 2.23. The van der Waals surface area contributed by atoms with E-state index >= 15 is 0 Å². The molecule has 4 heteroatoms. The summed E-state index contributed by atoms with van der Waals surface area (Å²) < 4.78 is 4.93. The van der Waals surface area contributed by atoms with Crippen molar-refractivity contribution in [2.75, 3.05) is 6.61 Å². The number of carbonyl (C=O) groups excluding carboxylic acids is 2. The summed E-state index contributed by atoms with van der Waals surface area (Å²) in [6.07, 6.45) is 9.16. The van der Waals surface area contributed by atoms with Gasteiger partial charge in [0.2, 0.25) is 6.41 Å². The molecule has 0 spiro atoms. The lowest BCUT2D eigenvalue weighted by Crippen LogP contribution is -2.41. The van der Waals surface area contributed by atoms with E-state index < -0.39 is 6.04 Å². The van der Waals surface area contributed by atoms with E-state index in [1.54, 1.807) is 6.92 Å². The zero-order valence-electron chi connectivity index (χ0n) is 11.6. The smallest absolute Gasteiger partial charge is 0.329 e. The van der Waals surface area contributed by atoms with E-state index in [-0.39, 0.29) is 11.9 Å². The van der Waals surface area contributed by atoms with Crippen molar-refractivity contribution in [3.8, 4) is 0 Å². The number of nitrogens with one attached hydrogen (secondary N) is 1. The molecule has 104 valence electrons. The van der Waals surface area contributed by atoms with Gasteiger partial charge in [-0.25, -0.2) is 4.79 Å². The molecule has 2 atom stereocenters. The summed E-state index contributed by atoms with van der Waals surface area (Å²) in [5.74, 6) is -0.439. The fourth-order valence-corrected chi connectivity index (χ4v) is 1.67. The van der Waals surface area contributed by atoms with Crippen molar-refractivity contribution < 1.29 is 14.3 Å². The minimum atomic E-state index is -0.593. The normalized spacial score (nSPS) is 14.2. The summed E-state index contributed by atoms with van der Waals surface area (Å²) in [7, 11) is 0. The molecule has 0 radical (unpaired) electrons. The van der Waals surface area contributed by atoms with Gasteiger partial charge in [-0.05, 0) is 19.8 Å². The van der Waals surface area contributed by atoms with Crippen molar-refractivity contribution in [2.24, 2.45) is 5.92 Å². The zero-order valence-corrected chi connectivity index (χ0v) is 11.6. The molecule has 1 amide bonds. The van der Waals surface area contributed by atoms with Crippen molar-refractivity contribution in [3.05, 3.63) is 12.2 Å². The molecule has 0 aliphatic heterocycles. The molecule has 18 heavy (non-hydrogen) atoms. The Bertz CT molecular complexity index is 264. The number of unbranched alkanes of at least 4 members (excludes halogenated alkanes) is 3. The summed E-state index contributed by atoms with van der Waals surface area (Å²) in [4.78, 5) is 22.1. The monoisotopic (exact) mass is 255 g/mol. The predicted molar refractivity (Wildman–Crippen MR) is 72.1 cm³/mol. The summed E-state index contributed by atoms with van der Waals surface area (Å²) in [6, 6.07) is -0.593. The van der Waals surface area contributed by atoms with Gasteiger partial charge in [0.25, 0.3) is 0 Å². The fraction of sp³-hybridized carbons (Fsp3) is 0.714. The molecule has 0 heterocycles. The Morgan fingerprint density at radius 2 is 2.06 bits per heavy atom. The summed E-state index contributed by atoms with van der Waals surface area (Å²) >= 11 is 0. The van der Waals surface area contributed by atoms with Crippen LogP contribution < -0.4 is 5.32 Å². The Kier molecular flexibility index (Phi) is 10.0. The SMILES string of the molecule is CCCCC/C=C\C(C)C(NC=O)C(=O)OCC. The van der Waals surface area contributed by atoms with Crippen molar-refractivity contribution in [3.63, 3.8) is 0 Å². The van der Waals surface area contributed by atoms with Crippen LogP contribution in [0, 0.1) is 5.92 Å². The highest BCUT2D eigenvalue weighted by atomic mass is 16.5. The average Bonchev–Trinajstić information content (AvgIpc) is 2.35. The van der Waals surface area contributed by atoms with Gasteiger partial charge in [0, 0.05) is 5.92 Å². The molecular formula is C14H25NO3. The number of rotatable bonds is 10. The maximum Gasteiger partial charge on any atom is 0.329 e. The number of carbonyl (C=O) groups is 2. The maximum absolute atomic E-state index is 11.6. The van der Waals surface area contributed by atoms with E-state index in [1.165, 1.54) is 12.8 Å². The second kappa shape index (κ2) is 10.8. The molecule has 0 fully saturated rings. The Morgan fingerprint density at radius 3 is 2.61 bits per heavy atom. The van der Waals surface area contributed by atoms with Crippen LogP contribution in [0.1, 0.15) is 46.5 Å². The molecular weight excluding hydrogens is 230 g/mol. The predicted octanol–water partition coefficient (Wildman–Crippen LogP) is 2.44. The minimum absolute atomic E-state index is 0.0594. The Labute approximate surface area is 110 Å². The Hall–Kier alpha value is -1.32. The van der Waals surface area contributed by atoms with Crippen molar-refractivity contribution in [1.29, 1.82) is 0 Å². The van der Waals surface area contributed by atoms with Crippen molar-refractivity contribution >= 4 is 12.4 Å². The largest absolute Gasteiger partial charge is 0.464 e. The third-order valence-corrected chi connectivity index (χ3v) is 2.73. The van der Waals surface area contributed by atoms with E-state index in [0.717, 1.165) is 12.8 Å². The molecule has 0 rings (SSSR count). The first-order valence-electron chi connectivity index (χ1n) is 6.70. The van der Waals surface area contributed by atoms with Crippen LogP contribution in [0.15, 0.2) is 12.2 Å². The van der Waals surface area contributed by atoms with Gasteiger partial charge in [-0.1, -0.05) is 38.8 Å². The molecule has 0 aliphatic carbocycles. The molecule has 0 aliphatic rings. The van der Waals surface area contributed by atoms with Gasteiger partial charge in [-0.3, -0.25) is 4.79 Å². The quantitative estimate of drug-likeness (QED) is 0.282. The fourth-order valence-electron chi connectivity index (χ4n) is 1.67. The second-order valence-electron chi connectivity index (χ2n) is 4.30. The number of allylic oxidation sites excluding steroid dienone is 1. The van der Waals surface area contributed by atoms with Crippen LogP contribution >= 0.6 is 0 Å². The van der Waals surface area contributed by atoms with Crippen LogP contribution in [-0.4, -0.2) is 25.0 Å². The van der Waals surface area contributed by atoms with E-state index in [4.69, 9.17) is 4.74 Å². The zero-order chi connectivity index (χ0) is 13.8. The van der Waals surface area contributed by atoms with Gasteiger partial charge in [0.1, 0.15) is 6.04 Å². The highest BCUT2D eigenvalue weighted by Crippen LogP contribution is 2.09. The van der Waals surface area contributed by atoms with Crippen LogP contribution in [-0.2, 0) is 14.3 Å². The molecule has 1 N–H and O–H groups in total. The number of hydrogen-bond acceptors (Lipinski definition) is 3. The summed E-state index contributed by atoms with van der Waals surface area (Å²) in [5.41, 5.74) is 0. The second-order valence-corrected chi connectivity index (χ2v) is 4.30. The summed E-state index contributed by atoms with van der Waals surface area (Å²) in [5, 5.41) is 2.51. The molecule has 0 bridgehead atoms. The van der Waals surface area contributed by atoms with E-state index in [2.05, 4.69) is 18.3 Å². The molecule has 0 aromatic heterocycles. The van der Waals surface area contributed by atoms with Gasteiger partial charge in [-0.2, -0.15) is 0 Å². The highest BCUT2D eigenvalue weighted by molar-refractivity contribution is 5.78. The molecule has 0 saturated carbocycles. The minimum Gasteiger partial charge on any atom is -0.464 e. The maximum atomic E-state index is 11.6. The van der Waals surface area contributed by atoms with Crippen molar-refractivity contribution in [1.82, 2.24) is 5.32 Å². The molecule has 0 aromatic rings. The van der Waals surface area contributed by atoms with Gasteiger partial charge in [0.05, 0.1) is 6.61 Å². The van der Waals surface area contributed by atoms with Gasteiger partial charge in [-0.15, -0.1) is 0 Å². The molecule has 2 unspecified atom stereocenters. The number of esters is 1. The van der Waals surface area contributed by atoms with Crippen LogP contribution in [0.2, 0.25) is 0 Å². The van der Waals surface area contributed by atoms with Crippen LogP contribution in [0.25, 0.3) is 0 Å². The first-order valence-corrected chi connectivity index (χ1v) is 6.70. The Morgan fingerprint density at radius 1 is 1.33 bits per heavy atom. The lowest BCUT2D eigenvalue weighted by molar-refractivity contribution is -0.147. The lowest BCUT2D eigenvalue weighted by Gasteiger charge is -2.18. The van der Waals surface area contributed by atoms with Crippen LogP contribution in [0.3, 0.4) is 0 Å². The number of ether oxygens (including phenoxy) is 1. The van der Waals surface area contributed by atoms with Gasteiger partial charge < -0.3 is 10.1 Å².